The lowest BCUT2D eigenvalue weighted by Crippen LogP contribution is -2.27. The van der Waals surface area contributed by atoms with Crippen molar-refractivity contribution < 1.29 is 14.2 Å². The number of aryl methyl sites for hydroxylation is 1. The fourth-order valence-electron chi connectivity index (χ4n) is 1.53. The Morgan fingerprint density at radius 2 is 1.95 bits per heavy atom. The summed E-state index contributed by atoms with van der Waals surface area (Å²) in [6, 6.07) is 6.96. The number of nitrogens with one attached hydrogen (secondary N) is 2. The zero-order valence-electron chi connectivity index (χ0n) is 11.2. The molecule has 8 heteroatoms. The van der Waals surface area contributed by atoms with Gasteiger partial charge >= 0.3 is 0 Å². The molecule has 2 amide bonds. The van der Waals surface area contributed by atoms with Crippen molar-refractivity contribution in [2.24, 2.45) is 0 Å². The van der Waals surface area contributed by atoms with E-state index in [2.05, 4.69) is 41.5 Å². The molecule has 0 fully saturated rings. The van der Waals surface area contributed by atoms with Gasteiger partial charge in [-0.1, -0.05) is 21.1 Å². The van der Waals surface area contributed by atoms with Gasteiger partial charge in [-0.3, -0.25) is 9.59 Å². The van der Waals surface area contributed by atoms with Gasteiger partial charge < -0.3 is 10.6 Å². The molecule has 0 saturated heterocycles. The highest BCUT2D eigenvalue weighted by Crippen LogP contribution is 2.10. The Kier molecular flexibility index (Phi) is 5.04. The molecule has 0 bridgehead atoms. The van der Waals surface area contributed by atoms with E-state index in [-0.39, 0.29) is 24.8 Å². The number of carbonyl (C=O) groups is 2. The lowest BCUT2D eigenvalue weighted by Gasteiger charge is -2.05. The summed E-state index contributed by atoms with van der Waals surface area (Å²) in [7, 11) is 0. The summed E-state index contributed by atoms with van der Waals surface area (Å²) in [5.74, 6) is -0.210. The average molecular weight is 353 g/mol. The number of rotatable bonds is 5. The SMILES string of the molecule is Cc1nonc1NC(=O)CCNC(=O)c1ccc(Br)cc1. The van der Waals surface area contributed by atoms with Crippen LogP contribution in [0.4, 0.5) is 5.82 Å². The summed E-state index contributed by atoms with van der Waals surface area (Å²) in [4.78, 5) is 23.5. The second-order valence-corrected chi connectivity index (χ2v) is 5.17. The summed E-state index contributed by atoms with van der Waals surface area (Å²) in [6.45, 7) is 1.90. The van der Waals surface area contributed by atoms with Crippen molar-refractivity contribution in [2.75, 3.05) is 11.9 Å². The molecule has 110 valence electrons. The molecule has 2 aromatic rings. The van der Waals surface area contributed by atoms with Gasteiger partial charge in [0, 0.05) is 23.0 Å². The van der Waals surface area contributed by atoms with Crippen molar-refractivity contribution in [1.29, 1.82) is 0 Å². The maximum absolute atomic E-state index is 11.8. The van der Waals surface area contributed by atoms with Crippen molar-refractivity contribution >= 4 is 33.6 Å². The molecule has 0 aliphatic heterocycles. The molecule has 0 radical (unpaired) electrons. The molecule has 0 aliphatic rings. The van der Waals surface area contributed by atoms with E-state index >= 15 is 0 Å². The Labute approximate surface area is 129 Å². The summed E-state index contributed by atoms with van der Waals surface area (Å²) in [5.41, 5.74) is 1.04. The molecule has 0 atom stereocenters. The van der Waals surface area contributed by atoms with Crippen molar-refractivity contribution in [3.8, 4) is 0 Å². The number of nitrogens with zero attached hydrogens (tertiary/aromatic N) is 2. The van der Waals surface area contributed by atoms with Gasteiger partial charge in [0.15, 0.2) is 5.82 Å². The summed E-state index contributed by atoms with van der Waals surface area (Å²) in [6.07, 6.45) is 0.134. The van der Waals surface area contributed by atoms with E-state index in [1.54, 1.807) is 31.2 Å². The lowest BCUT2D eigenvalue weighted by molar-refractivity contribution is -0.116. The first-order valence-electron chi connectivity index (χ1n) is 6.19. The van der Waals surface area contributed by atoms with Crippen LogP contribution in [0, 0.1) is 6.92 Å². The van der Waals surface area contributed by atoms with Crippen molar-refractivity contribution in [3.63, 3.8) is 0 Å². The van der Waals surface area contributed by atoms with Crippen molar-refractivity contribution in [3.05, 3.63) is 40.0 Å². The van der Waals surface area contributed by atoms with Crippen LogP contribution in [0.3, 0.4) is 0 Å². The normalized spacial score (nSPS) is 10.2. The molecule has 0 spiro atoms. The van der Waals surface area contributed by atoms with Gasteiger partial charge in [0.05, 0.1) is 0 Å². The molecule has 2 rings (SSSR count). The summed E-state index contributed by atoms with van der Waals surface area (Å²) in [5, 5.41) is 12.3. The minimum Gasteiger partial charge on any atom is -0.352 e. The second-order valence-electron chi connectivity index (χ2n) is 4.26. The number of amides is 2. The molecule has 0 saturated carbocycles. The van der Waals surface area contributed by atoms with E-state index in [1.807, 2.05) is 0 Å². The van der Waals surface area contributed by atoms with Gasteiger partial charge in [0.2, 0.25) is 5.91 Å². The smallest absolute Gasteiger partial charge is 0.251 e. The minimum atomic E-state index is -0.273. The average Bonchev–Trinajstić information content (AvgIpc) is 2.85. The number of aromatic nitrogens is 2. The highest BCUT2D eigenvalue weighted by atomic mass is 79.9. The lowest BCUT2D eigenvalue weighted by atomic mass is 10.2. The van der Waals surface area contributed by atoms with Gasteiger partial charge in [0.1, 0.15) is 5.69 Å². The predicted molar refractivity (Wildman–Crippen MR) is 78.8 cm³/mol. The molecule has 1 aromatic carbocycles. The van der Waals surface area contributed by atoms with E-state index in [0.29, 0.717) is 17.1 Å². The standard InChI is InChI=1S/C13H13BrN4O3/c1-8-12(18-21-17-8)16-11(19)6-7-15-13(20)9-2-4-10(14)5-3-9/h2-5H,6-7H2,1H3,(H,15,20)(H,16,18,19). The monoisotopic (exact) mass is 352 g/mol. The minimum absolute atomic E-state index is 0.134. The van der Waals surface area contributed by atoms with Crippen LogP contribution in [-0.4, -0.2) is 28.7 Å². The first-order valence-corrected chi connectivity index (χ1v) is 6.98. The summed E-state index contributed by atoms with van der Waals surface area (Å²) < 4.78 is 5.37. The third kappa shape index (κ3) is 4.38. The van der Waals surface area contributed by atoms with Gasteiger partial charge in [-0.15, -0.1) is 0 Å². The van der Waals surface area contributed by atoms with Crippen LogP contribution in [0.2, 0.25) is 0 Å². The zero-order chi connectivity index (χ0) is 15.2. The quantitative estimate of drug-likeness (QED) is 0.856. The molecule has 21 heavy (non-hydrogen) atoms. The summed E-state index contributed by atoms with van der Waals surface area (Å²) >= 11 is 3.30. The number of halogens is 1. The molecular formula is C13H13BrN4O3. The maximum Gasteiger partial charge on any atom is 0.251 e. The first-order chi connectivity index (χ1) is 10.1. The Bertz CT molecular complexity index is 639. The molecule has 0 aliphatic carbocycles. The van der Waals surface area contributed by atoms with Gasteiger partial charge in [-0.2, -0.15) is 0 Å². The fraction of sp³-hybridized carbons (Fsp3) is 0.231. The van der Waals surface area contributed by atoms with Gasteiger partial charge in [-0.05, 0) is 36.3 Å². The Balaban J connectivity index is 1.76. The van der Waals surface area contributed by atoms with Crippen LogP contribution in [0.1, 0.15) is 22.5 Å². The Hall–Kier alpha value is -2.22. The largest absolute Gasteiger partial charge is 0.352 e. The third-order valence-electron chi connectivity index (χ3n) is 2.65. The first kappa shape index (κ1) is 15.2. The van der Waals surface area contributed by atoms with Crippen LogP contribution in [-0.2, 0) is 4.79 Å². The van der Waals surface area contributed by atoms with Crippen LogP contribution < -0.4 is 10.6 Å². The van der Waals surface area contributed by atoms with Crippen LogP contribution in [0.5, 0.6) is 0 Å². The Morgan fingerprint density at radius 1 is 1.24 bits per heavy atom. The number of benzene rings is 1. The van der Waals surface area contributed by atoms with Gasteiger partial charge in [0.25, 0.3) is 5.91 Å². The van der Waals surface area contributed by atoms with Crippen LogP contribution >= 0.6 is 15.9 Å². The zero-order valence-corrected chi connectivity index (χ0v) is 12.8. The molecule has 0 unspecified atom stereocenters. The van der Waals surface area contributed by atoms with Crippen molar-refractivity contribution in [1.82, 2.24) is 15.6 Å². The topological polar surface area (TPSA) is 97.1 Å². The second kappa shape index (κ2) is 6.98. The third-order valence-corrected chi connectivity index (χ3v) is 3.18. The highest BCUT2D eigenvalue weighted by molar-refractivity contribution is 9.10. The van der Waals surface area contributed by atoms with Crippen molar-refractivity contribution in [2.45, 2.75) is 13.3 Å². The number of anilines is 1. The molecule has 1 aromatic heterocycles. The number of hydrogen-bond donors (Lipinski definition) is 2. The number of hydrogen-bond acceptors (Lipinski definition) is 5. The Morgan fingerprint density at radius 3 is 2.57 bits per heavy atom. The van der Waals surface area contributed by atoms with E-state index in [4.69, 9.17) is 0 Å². The fourth-order valence-corrected chi connectivity index (χ4v) is 1.80. The van der Waals surface area contributed by atoms with E-state index < -0.39 is 0 Å². The van der Waals surface area contributed by atoms with E-state index in [9.17, 15) is 9.59 Å². The predicted octanol–water partition coefficient (Wildman–Crippen LogP) is 1.90. The van der Waals surface area contributed by atoms with Crippen LogP contribution in [0.25, 0.3) is 0 Å². The number of carbonyl (C=O) groups excluding carboxylic acids is 2. The molecule has 7 nitrogen and oxygen atoms in total. The van der Waals surface area contributed by atoms with E-state index in [1.165, 1.54) is 0 Å². The maximum atomic E-state index is 11.8. The van der Waals surface area contributed by atoms with Crippen LogP contribution in [0.15, 0.2) is 33.4 Å². The molecule has 1 heterocycles. The van der Waals surface area contributed by atoms with Gasteiger partial charge in [-0.25, -0.2) is 4.63 Å². The molecular weight excluding hydrogens is 340 g/mol. The highest BCUT2D eigenvalue weighted by Gasteiger charge is 2.10. The van der Waals surface area contributed by atoms with E-state index in [0.717, 1.165) is 4.47 Å². The molecule has 2 N–H and O–H groups in total.